The Morgan fingerprint density at radius 3 is 2.46 bits per heavy atom. The number of nitrogens with zero attached hydrogens (tertiary/aromatic N) is 1. The molecule has 1 aliphatic rings. The monoisotopic (exact) mass is 342 g/mol. The SMILES string of the molecule is Cc1cccc(Oc2ccc(N=C3C(=O)Nc4ccccc43)cc2)c1C. The zero-order chi connectivity index (χ0) is 18.1. The number of aryl methyl sites for hydroxylation is 1. The molecular formula is C22H18N2O2. The molecule has 4 rings (SSSR count). The summed E-state index contributed by atoms with van der Waals surface area (Å²) in [6.07, 6.45) is 0. The molecule has 0 bridgehead atoms. The summed E-state index contributed by atoms with van der Waals surface area (Å²) in [5, 5.41) is 2.83. The van der Waals surface area contributed by atoms with Gasteiger partial charge in [-0.3, -0.25) is 4.79 Å². The second kappa shape index (κ2) is 6.48. The van der Waals surface area contributed by atoms with Crippen LogP contribution >= 0.6 is 0 Å². The molecule has 4 heteroatoms. The minimum Gasteiger partial charge on any atom is -0.457 e. The van der Waals surface area contributed by atoms with Gasteiger partial charge in [-0.2, -0.15) is 0 Å². The molecule has 4 nitrogen and oxygen atoms in total. The van der Waals surface area contributed by atoms with E-state index in [9.17, 15) is 4.79 Å². The summed E-state index contributed by atoms with van der Waals surface area (Å²) >= 11 is 0. The number of benzene rings is 3. The van der Waals surface area contributed by atoms with Crippen molar-refractivity contribution in [1.29, 1.82) is 0 Å². The number of carbonyl (C=O) groups excluding carboxylic acids is 1. The first kappa shape index (κ1) is 16.1. The highest BCUT2D eigenvalue weighted by molar-refractivity contribution is 6.54. The standard InChI is InChI=1S/C22H18N2O2/c1-14-6-5-9-20(15(14)2)26-17-12-10-16(11-13-17)23-21-18-7-3-4-8-19(18)24-22(21)25/h3-13H,1-2H3,(H,23,24,25). The Balaban J connectivity index is 1.59. The lowest BCUT2D eigenvalue weighted by Gasteiger charge is -2.10. The average molecular weight is 342 g/mol. The summed E-state index contributed by atoms with van der Waals surface area (Å²) < 4.78 is 5.96. The third-order valence-corrected chi connectivity index (χ3v) is 4.51. The van der Waals surface area contributed by atoms with Crippen molar-refractivity contribution < 1.29 is 9.53 Å². The van der Waals surface area contributed by atoms with E-state index in [-0.39, 0.29) is 5.91 Å². The predicted molar refractivity (Wildman–Crippen MR) is 104 cm³/mol. The third-order valence-electron chi connectivity index (χ3n) is 4.51. The quantitative estimate of drug-likeness (QED) is 0.714. The summed E-state index contributed by atoms with van der Waals surface area (Å²) in [6.45, 7) is 4.10. The summed E-state index contributed by atoms with van der Waals surface area (Å²) in [5.41, 5.74) is 5.08. The first-order valence-electron chi connectivity index (χ1n) is 8.45. The highest BCUT2D eigenvalue weighted by atomic mass is 16.5. The molecule has 0 aliphatic carbocycles. The second-order valence-corrected chi connectivity index (χ2v) is 6.25. The molecule has 0 saturated carbocycles. The van der Waals surface area contributed by atoms with Crippen LogP contribution in [-0.4, -0.2) is 11.6 Å². The van der Waals surface area contributed by atoms with Gasteiger partial charge < -0.3 is 10.1 Å². The van der Waals surface area contributed by atoms with Gasteiger partial charge in [-0.1, -0.05) is 30.3 Å². The fraction of sp³-hybridized carbons (Fsp3) is 0.0909. The minimum absolute atomic E-state index is 0.179. The average Bonchev–Trinajstić information content (AvgIpc) is 2.96. The van der Waals surface area contributed by atoms with E-state index in [1.807, 2.05) is 67.6 Å². The molecule has 0 atom stereocenters. The minimum atomic E-state index is -0.179. The van der Waals surface area contributed by atoms with Crippen molar-refractivity contribution >= 4 is 23.0 Å². The topological polar surface area (TPSA) is 50.7 Å². The van der Waals surface area contributed by atoms with Gasteiger partial charge >= 0.3 is 0 Å². The Bertz CT molecular complexity index is 1020. The third kappa shape index (κ3) is 2.97. The smallest absolute Gasteiger partial charge is 0.275 e. The van der Waals surface area contributed by atoms with E-state index in [0.29, 0.717) is 11.4 Å². The normalized spacial score (nSPS) is 14.2. The van der Waals surface area contributed by atoms with Crippen LogP contribution in [0.25, 0.3) is 0 Å². The van der Waals surface area contributed by atoms with Gasteiger partial charge in [0.05, 0.1) is 11.4 Å². The van der Waals surface area contributed by atoms with Gasteiger partial charge in [0.15, 0.2) is 0 Å². The van der Waals surface area contributed by atoms with Gasteiger partial charge in [0.1, 0.15) is 17.2 Å². The number of rotatable bonds is 3. The van der Waals surface area contributed by atoms with Crippen LogP contribution < -0.4 is 10.1 Å². The van der Waals surface area contributed by atoms with Gasteiger partial charge in [0.25, 0.3) is 5.91 Å². The van der Waals surface area contributed by atoms with E-state index in [1.54, 1.807) is 0 Å². The predicted octanol–water partition coefficient (Wildman–Crippen LogP) is 5.17. The summed E-state index contributed by atoms with van der Waals surface area (Å²) in [5.74, 6) is 1.40. The van der Waals surface area contributed by atoms with E-state index < -0.39 is 0 Å². The van der Waals surface area contributed by atoms with Gasteiger partial charge in [-0.25, -0.2) is 4.99 Å². The lowest BCUT2D eigenvalue weighted by Crippen LogP contribution is -2.13. The molecule has 26 heavy (non-hydrogen) atoms. The van der Waals surface area contributed by atoms with Gasteiger partial charge in [0.2, 0.25) is 0 Å². The fourth-order valence-corrected chi connectivity index (χ4v) is 2.89. The number of amides is 1. The summed E-state index contributed by atoms with van der Waals surface area (Å²) in [7, 11) is 0. The van der Waals surface area contributed by atoms with E-state index in [0.717, 1.165) is 28.3 Å². The van der Waals surface area contributed by atoms with Crippen molar-refractivity contribution in [2.75, 3.05) is 5.32 Å². The number of aliphatic imine (C=N–C) groups is 1. The van der Waals surface area contributed by atoms with E-state index in [1.165, 1.54) is 5.56 Å². The molecule has 128 valence electrons. The van der Waals surface area contributed by atoms with Crippen molar-refractivity contribution in [2.45, 2.75) is 13.8 Å². The maximum Gasteiger partial charge on any atom is 0.275 e. The number of hydrogen-bond donors (Lipinski definition) is 1. The van der Waals surface area contributed by atoms with Gasteiger partial charge in [0, 0.05) is 5.56 Å². The number of anilines is 1. The maximum atomic E-state index is 12.1. The van der Waals surface area contributed by atoms with Crippen LogP contribution in [-0.2, 0) is 4.79 Å². The largest absolute Gasteiger partial charge is 0.457 e. The van der Waals surface area contributed by atoms with Crippen molar-refractivity contribution in [3.05, 3.63) is 83.4 Å². The molecule has 0 saturated heterocycles. The second-order valence-electron chi connectivity index (χ2n) is 6.25. The zero-order valence-electron chi connectivity index (χ0n) is 14.6. The highest BCUT2D eigenvalue weighted by Crippen LogP contribution is 2.29. The van der Waals surface area contributed by atoms with E-state index >= 15 is 0 Å². The molecule has 3 aromatic carbocycles. The molecule has 0 aromatic heterocycles. The fourth-order valence-electron chi connectivity index (χ4n) is 2.89. The summed E-state index contributed by atoms with van der Waals surface area (Å²) in [6, 6.07) is 21.0. The first-order valence-corrected chi connectivity index (χ1v) is 8.45. The molecule has 3 aromatic rings. The highest BCUT2D eigenvalue weighted by Gasteiger charge is 2.25. The number of nitrogens with one attached hydrogen (secondary N) is 1. The van der Waals surface area contributed by atoms with Crippen molar-refractivity contribution in [3.8, 4) is 11.5 Å². The number of hydrogen-bond acceptors (Lipinski definition) is 3. The maximum absolute atomic E-state index is 12.1. The molecule has 1 N–H and O–H groups in total. The van der Waals surface area contributed by atoms with Crippen LogP contribution in [0.2, 0.25) is 0 Å². The van der Waals surface area contributed by atoms with Crippen molar-refractivity contribution in [2.24, 2.45) is 4.99 Å². The van der Waals surface area contributed by atoms with E-state index in [2.05, 4.69) is 23.3 Å². The van der Waals surface area contributed by atoms with Crippen LogP contribution in [0.5, 0.6) is 11.5 Å². The molecule has 0 spiro atoms. The van der Waals surface area contributed by atoms with E-state index in [4.69, 9.17) is 4.74 Å². The molecular weight excluding hydrogens is 324 g/mol. The number of carbonyl (C=O) groups is 1. The van der Waals surface area contributed by atoms with Crippen LogP contribution in [0.1, 0.15) is 16.7 Å². The molecule has 1 aliphatic heterocycles. The van der Waals surface area contributed by atoms with Gasteiger partial charge in [-0.15, -0.1) is 0 Å². The Morgan fingerprint density at radius 2 is 1.65 bits per heavy atom. The molecule has 1 heterocycles. The molecule has 0 fully saturated rings. The zero-order valence-corrected chi connectivity index (χ0v) is 14.6. The lowest BCUT2D eigenvalue weighted by atomic mass is 10.1. The molecule has 0 radical (unpaired) electrons. The number of para-hydroxylation sites is 1. The lowest BCUT2D eigenvalue weighted by molar-refractivity contribution is -0.110. The Kier molecular flexibility index (Phi) is 4.01. The van der Waals surface area contributed by atoms with Crippen LogP contribution in [0.15, 0.2) is 71.7 Å². The Hall–Kier alpha value is -3.40. The van der Waals surface area contributed by atoms with Crippen LogP contribution in [0.3, 0.4) is 0 Å². The number of ether oxygens (including phenoxy) is 1. The van der Waals surface area contributed by atoms with Crippen molar-refractivity contribution in [1.82, 2.24) is 0 Å². The first-order chi connectivity index (χ1) is 12.6. The van der Waals surface area contributed by atoms with Crippen LogP contribution in [0, 0.1) is 13.8 Å². The molecule has 0 unspecified atom stereocenters. The Labute approximate surface area is 152 Å². The summed E-state index contributed by atoms with van der Waals surface area (Å²) in [4.78, 5) is 16.7. The Morgan fingerprint density at radius 1 is 0.885 bits per heavy atom. The number of fused-ring (bicyclic) bond motifs is 1. The van der Waals surface area contributed by atoms with Gasteiger partial charge in [-0.05, 0) is 61.4 Å². The van der Waals surface area contributed by atoms with Crippen molar-refractivity contribution in [3.63, 3.8) is 0 Å². The molecule has 1 amide bonds. The van der Waals surface area contributed by atoms with Crippen LogP contribution in [0.4, 0.5) is 11.4 Å².